The molecular formula is C12H16N2O5. The van der Waals surface area contributed by atoms with Crippen LogP contribution in [0, 0.1) is 0 Å². The number of aliphatic hydroxyl groups is 1. The number of carboxylic acid groups (broad SMARTS) is 1. The molecule has 0 fully saturated rings. The summed E-state index contributed by atoms with van der Waals surface area (Å²) in [5.41, 5.74) is 0.451. The van der Waals surface area contributed by atoms with Gasteiger partial charge in [0.2, 0.25) is 0 Å². The molecule has 104 valence electrons. The Hall–Kier alpha value is -2.28. The Kier molecular flexibility index (Phi) is 5.13. The summed E-state index contributed by atoms with van der Waals surface area (Å²) in [6.07, 6.45) is -1.20. The molecule has 0 aliphatic heterocycles. The molecule has 0 saturated carbocycles. The fourth-order valence-corrected chi connectivity index (χ4v) is 1.40. The summed E-state index contributed by atoms with van der Waals surface area (Å²) in [5, 5.41) is 22.7. The van der Waals surface area contributed by atoms with Crippen molar-refractivity contribution in [1.82, 2.24) is 5.32 Å². The van der Waals surface area contributed by atoms with E-state index in [-0.39, 0.29) is 0 Å². The molecule has 0 aliphatic rings. The smallest absolute Gasteiger partial charge is 0.328 e. The molecule has 2 amide bonds. The maximum Gasteiger partial charge on any atom is 0.328 e. The highest BCUT2D eigenvalue weighted by Crippen LogP contribution is 2.16. The lowest BCUT2D eigenvalue weighted by molar-refractivity contribution is -0.141. The first kappa shape index (κ1) is 14.8. The number of carbonyl (C=O) groups excluding carboxylic acids is 1. The third kappa shape index (κ3) is 4.47. The monoisotopic (exact) mass is 268 g/mol. The van der Waals surface area contributed by atoms with E-state index in [1.807, 2.05) is 0 Å². The zero-order chi connectivity index (χ0) is 14.4. The number of anilines is 1. The molecule has 1 rings (SSSR count). The number of benzene rings is 1. The van der Waals surface area contributed by atoms with Gasteiger partial charge in [-0.1, -0.05) is 6.07 Å². The lowest BCUT2D eigenvalue weighted by Gasteiger charge is -2.17. The fraction of sp³-hybridized carbons (Fsp3) is 0.333. The zero-order valence-electron chi connectivity index (χ0n) is 10.6. The molecule has 2 atom stereocenters. The average Bonchev–Trinajstić information content (AvgIpc) is 2.35. The van der Waals surface area contributed by atoms with Crippen LogP contribution in [0.15, 0.2) is 24.3 Å². The molecule has 0 bridgehead atoms. The van der Waals surface area contributed by atoms with Gasteiger partial charge in [0.15, 0.2) is 6.04 Å². The minimum absolute atomic E-state index is 0.451. The Labute approximate surface area is 110 Å². The number of hydrogen-bond acceptors (Lipinski definition) is 4. The normalized spacial score (nSPS) is 13.2. The van der Waals surface area contributed by atoms with Crippen molar-refractivity contribution in [2.24, 2.45) is 0 Å². The van der Waals surface area contributed by atoms with Gasteiger partial charge in [-0.25, -0.2) is 9.59 Å². The topological polar surface area (TPSA) is 108 Å². The van der Waals surface area contributed by atoms with Gasteiger partial charge < -0.3 is 25.6 Å². The van der Waals surface area contributed by atoms with Crippen LogP contribution >= 0.6 is 0 Å². The van der Waals surface area contributed by atoms with E-state index < -0.39 is 24.1 Å². The minimum Gasteiger partial charge on any atom is -0.497 e. The molecule has 1 aromatic carbocycles. The van der Waals surface area contributed by atoms with Crippen LogP contribution in [-0.2, 0) is 4.79 Å². The van der Waals surface area contributed by atoms with Crippen molar-refractivity contribution in [3.8, 4) is 5.75 Å². The number of amides is 2. The fourth-order valence-electron chi connectivity index (χ4n) is 1.40. The predicted molar refractivity (Wildman–Crippen MR) is 68.3 cm³/mol. The SMILES string of the molecule is COc1cccc(NC(=O)N[C@H](C(=O)O)[C@@H](C)O)c1. The van der Waals surface area contributed by atoms with E-state index in [4.69, 9.17) is 9.84 Å². The summed E-state index contributed by atoms with van der Waals surface area (Å²) in [4.78, 5) is 22.4. The number of carbonyl (C=O) groups is 2. The van der Waals surface area contributed by atoms with Crippen LogP contribution in [-0.4, -0.2) is 41.5 Å². The van der Waals surface area contributed by atoms with Gasteiger partial charge >= 0.3 is 12.0 Å². The second kappa shape index (κ2) is 6.60. The molecular weight excluding hydrogens is 252 g/mol. The molecule has 0 heterocycles. The molecule has 7 nitrogen and oxygen atoms in total. The highest BCUT2D eigenvalue weighted by Gasteiger charge is 2.24. The Bertz CT molecular complexity index is 461. The number of ether oxygens (including phenoxy) is 1. The number of nitrogens with one attached hydrogen (secondary N) is 2. The summed E-state index contributed by atoms with van der Waals surface area (Å²) in [6.45, 7) is 1.28. The molecule has 7 heteroatoms. The Morgan fingerprint density at radius 1 is 1.37 bits per heavy atom. The highest BCUT2D eigenvalue weighted by atomic mass is 16.5. The van der Waals surface area contributed by atoms with Gasteiger partial charge in [0.25, 0.3) is 0 Å². The molecule has 4 N–H and O–H groups in total. The van der Waals surface area contributed by atoms with Crippen molar-refractivity contribution in [2.75, 3.05) is 12.4 Å². The highest BCUT2D eigenvalue weighted by molar-refractivity contribution is 5.92. The number of urea groups is 1. The number of hydrogen-bond donors (Lipinski definition) is 4. The third-order valence-corrected chi connectivity index (χ3v) is 2.36. The van der Waals surface area contributed by atoms with E-state index in [0.29, 0.717) is 11.4 Å². The van der Waals surface area contributed by atoms with E-state index >= 15 is 0 Å². The minimum atomic E-state index is -1.37. The zero-order valence-corrected chi connectivity index (χ0v) is 10.6. The Balaban J connectivity index is 2.66. The number of aliphatic hydroxyl groups excluding tert-OH is 1. The van der Waals surface area contributed by atoms with Crippen LogP contribution in [0.1, 0.15) is 6.92 Å². The van der Waals surface area contributed by atoms with Gasteiger partial charge in [-0.2, -0.15) is 0 Å². The van der Waals surface area contributed by atoms with Crippen LogP contribution in [0.25, 0.3) is 0 Å². The summed E-state index contributed by atoms with van der Waals surface area (Å²) in [5.74, 6) is -0.751. The molecule has 0 saturated heterocycles. The van der Waals surface area contributed by atoms with E-state index in [2.05, 4.69) is 10.6 Å². The van der Waals surface area contributed by atoms with Crippen molar-refractivity contribution in [1.29, 1.82) is 0 Å². The molecule has 0 unspecified atom stereocenters. The summed E-state index contributed by atoms with van der Waals surface area (Å²) >= 11 is 0. The van der Waals surface area contributed by atoms with Crippen molar-refractivity contribution >= 4 is 17.7 Å². The average molecular weight is 268 g/mol. The van der Waals surface area contributed by atoms with Gasteiger partial charge in [-0.15, -0.1) is 0 Å². The second-order valence-electron chi connectivity index (χ2n) is 3.89. The first-order valence-electron chi connectivity index (χ1n) is 5.56. The lowest BCUT2D eigenvalue weighted by atomic mass is 10.2. The number of carboxylic acids is 1. The molecule has 0 radical (unpaired) electrons. The van der Waals surface area contributed by atoms with Gasteiger partial charge in [0, 0.05) is 11.8 Å². The number of methoxy groups -OCH3 is 1. The van der Waals surface area contributed by atoms with Crippen molar-refractivity contribution in [2.45, 2.75) is 19.1 Å². The van der Waals surface area contributed by atoms with Crippen LogP contribution in [0.3, 0.4) is 0 Å². The molecule has 0 spiro atoms. The standard InChI is InChI=1S/C12H16N2O5/c1-7(15)10(11(16)17)14-12(18)13-8-4-3-5-9(6-8)19-2/h3-7,10,15H,1-2H3,(H,16,17)(H2,13,14,18)/t7-,10+/m1/s1. The van der Waals surface area contributed by atoms with Gasteiger partial charge in [-0.05, 0) is 19.1 Å². The molecule has 1 aromatic rings. The van der Waals surface area contributed by atoms with E-state index in [0.717, 1.165) is 0 Å². The van der Waals surface area contributed by atoms with Crippen LogP contribution in [0.5, 0.6) is 5.75 Å². The van der Waals surface area contributed by atoms with Gasteiger partial charge in [0.05, 0.1) is 13.2 Å². The quantitative estimate of drug-likeness (QED) is 0.627. The number of rotatable bonds is 5. The second-order valence-corrected chi connectivity index (χ2v) is 3.89. The van der Waals surface area contributed by atoms with Gasteiger partial charge in [0.1, 0.15) is 5.75 Å². The first-order chi connectivity index (χ1) is 8.93. The summed E-state index contributed by atoms with van der Waals surface area (Å²) < 4.78 is 4.99. The summed E-state index contributed by atoms with van der Waals surface area (Å²) in [6, 6.07) is 4.50. The predicted octanol–water partition coefficient (Wildman–Crippen LogP) is 0.651. The van der Waals surface area contributed by atoms with E-state index in [1.54, 1.807) is 24.3 Å². The van der Waals surface area contributed by atoms with Crippen molar-refractivity contribution in [3.63, 3.8) is 0 Å². The van der Waals surface area contributed by atoms with Gasteiger partial charge in [-0.3, -0.25) is 0 Å². The van der Waals surface area contributed by atoms with Crippen LogP contribution in [0.2, 0.25) is 0 Å². The number of aliphatic carboxylic acids is 1. The summed E-state index contributed by atoms with van der Waals surface area (Å²) in [7, 11) is 1.49. The molecule has 19 heavy (non-hydrogen) atoms. The largest absolute Gasteiger partial charge is 0.497 e. The maximum absolute atomic E-state index is 11.6. The van der Waals surface area contributed by atoms with Crippen LogP contribution < -0.4 is 15.4 Å². The Morgan fingerprint density at radius 2 is 2.05 bits per heavy atom. The molecule has 0 aromatic heterocycles. The Morgan fingerprint density at radius 3 is 2.58 bits per heavy atom. The van der Waals surface area contributed by atoms with Crippen molar-refractivity contribution < 1.29 is 24.5 Å². The van der Waals surface area contributed by atoms with Crippen LogP contribution in [0.4, 0.5) is 10.5 Å². The lowest BCUT2D eigenvalue weighted by Crippen LogP contribution is -2.49. The van der Waals surface area contributed by atoms with Crippen molar-refractivity contribution in [3.05, 3.63) is 24.3 Å². The molecule has 0 aliphatic carbocycles. The maximum atomic E-state index is 11.6. The van der Waals surface area contributed by atoms with E-state index in [9.17, 15) is 14.7 Å². The first-order valence-corrected chi connectivity index (χ1v) is 5.56. The third-order valence-electron chi connectivity index (χ3n) is 2.36. The van der Waals surface area contributed by atoms with E-state index in [1.165, 1.54) is 14.0 Å².